The predicted molar refractivity (Wildman–Crippen MR) is 272 cm³/mol. The highest BCUT2D eigenvalue weighted by Gasteiger charge is 2.22. The third kappa shape index (κ3) is 10.3. The van der Waals surface area contributed by atoms with Gasteiger partial charge in [0.25, 0.3) is 0 Å². The van der Waals surface area contributed by atoms with Gasteiger partial charge in [-0.15, -0.1) is 0 Å². The van der Waals surface area contributed by atoms with E-state index in [-0.39, 0.29) is 13.2 Å². The summed E-state index contributed by atoms with van der Waals surface area (Å²) in [5.74, 6) is 4.14. The third-order valence-electron chi connectivity index (χ3n) is 11.9. The second-order valence-electron chi connectivity index (χ2n) is 16.5. The van der Waals surface area contributed by atoms with Gasteiger partial charge in [0.05, 0.1) is 11.1 Å². The third-order valence-corrected chi connectivity index (χ3v) is 11.9. The molecule has 0 saturated heterocycles. The molecule has 6 nitrogen and oxygen atoms in total. The molecule has 0 aliphatic carbocycles. The highest BCUT2D eigenvalue weighted by molar-refractivity contribution is 6.09. The van der Waals surface area contributed by atoms with Crippen LogP contribution in [0.4, 0.5) is 0 Å². The van der Waals surface area contributed by atoms with Crippen molar-refractivity contribution in [3.05, 3.63) is 264 Å². The van der Waals surface area contributed by atoms with Crippen LogP contribution in [0.25, 0.3) is 32.7 Å². The summed E-state index contributed by atoms with van der Waals surface area (Å²) in [6, 6.07) is 77.7. The molecule has 10 aromatic carbocycles. The van der Waals surface area contributed by atoms with Crippen LogP contribution in [-0.2, 0) is 39.6 Å². The second-order valence-corrected chi connectivity index (χ2v) is 16.5. The molecule has 0 N–H and O–H groups in total. The number of fused-ring (bicyclic) bond motifs is 2. The summed E-state index contributed by atoms with van der Waals surface area (Å²) in [7, 11) is 0. The highest BCUT2D eigenvalue weighted by Crippen LogP contribution is 2.47. The summed E-state index contributed by atoms with van der Waals surface area (Å²) in [5.41, 5.74) is 7.71. The maximum atomic E-state index is 7.07. The minimum absolute atomic E-state index is 0.176. The van der Waals surface area contributed by atoms with Crippen molar-refractivity contribution in [2.45, 2.75) is 39.6 Å². The number of hydrogen-bond donors (Lipinski definition) is 0. The van der Waals surface area contributed by atoms with Crippen molar-refractivity contribution < 1.29 is 28.4 Å². The minimum Gasteiger partial charge on any atom is -0.488 e. The fourth-order valence-corrected chi connectivity index (χ4v) is 8.42. The van der Waals surface area contributed by atoms with E-state index in [1.807, 2.05) is 109 Å². The van der Waals surface area contributed by atoms with Gasteiger partial charge in [0.1, 0.15) is 74.1 Å². The van der Waals surface area contributed by atoms with Gasteiger partial charge in [0.15, 0.2) is 0 Å². The topological polar surface area (TPSA) is 55.4 Å². The first-order valence-corrected chi connectivity index (χ1v) is 22.9. The molecule has 10 rings (SSSR count). The van der Waals surface area contributed by atoms with Gasteiger partial charge < -0.3 is 28.4 Å². The minimum atomic E-state index is 0.176. The van der Waals surface area contributed by atoms with Gasteiger partial charge in [0, 0.05) is 11.1 Å². The fraction of sp³-hybridized carbons (Fsp3) is 0.0968. The monoisotopic (exact) mass is 890 g/mol. The molecular formula is C62H50O6. The van der Waals surface area contributed by atoms with Crippen molar-refractivity contribution in [3.8, 4) is 45.6 Å². The number of hydrogen-bond acceptors (Lipinski definition) is 6. The largest absolute Gasteiger partial charge is 0.488 e. The maximum absolute atomic E-state index is 7.07. The molecule has 0 atom stereocenters. The van der Waals surface area contributed by atoms with Crippen LogP contribution in [0, 0.1) is 0 Å². The van der Waals surface area contributed by atoms with E-state index in [0.717, 1.165) is 66.1 Å². The van der Waals surface area contributed by atoms with Crippen LogP contribution in [0.3, 0.4) is 0 Å². The van der Waals surface area contributed by atoms with Gasteiger partial charge in [-0.1, -0.05) is 194 Å². The Labute approximate surface area is 397 Å². The fourth-order valence-electron chi connectivity index (χ4n) is 8.42. The van der Waals surface area contributed by atoms with E-state index in [1.54, 1.807) is 0 Å². The molecule has 0 saturated carbocycles. The van der Waals surface area contributed by atoms with Crippen LogP contribution in [0.1, 0.15) is 33.4 Å². The average molecular weight is 891 g/mol. The first-order chi connectivity index (χ1) is 33.7. The lowest BCUT2D eigenvalue weighted by atomic mass is 9.92. The van der Waals surface area contributed by atoms with Crippen LogP contribution in [0.5, 0.6) is 34.5 Å². The van der Waals surface area contributed by atoms with Crippen molar-refractivity contribution in [1.82, 2.24) is 0 Å². The van der Waals surface area contributed by atoms with Crippen molar-refractivity contribution in [2.24, 2.45) is 0 Å². The van der Waals surface area contributed by atoms with Crippen molar-refractivity contribution >= 4 is 21.5 Å². The van der Waals surface area contributed by atoms with Gasteiger partial charge in [-0.05, 0) is 80.2 Å². The lowest BCUT2D eigenvalue weighted by Crippen LogP contribution is -2.07. The Balaban J connectivity index is 1.03. The summed E-state index contributed by atoms with van der Waals surface area (Å²) < 4.78 is 40.3. The zero-order chi connectivity index (χ0) is 45.7. The van der Waals surface area contributed by atoms with E-state index in [1.165, 1.54) is 0 Å². The normalized spacial score (nSPS) is 11.0. The summed E-state index contributed by atoms with van der Waals surface area (Å²) in [5, 5.41) is 4.20. The lowest BCUT2D eigenvalue weighted by molar-refractivity contribution is 0.251. The molecule has 0 bridgehead atoms. The van der Waals surface area contributed by atoms with E-state index >= 15 is 0 Å². The summed E-state index contributed by atoms with van der Waals surface area (Å²) >= 11 is 0. The van der Waals surface area contributed by atoms with Crippen LogP contribution >= 0.6 is 0 Å². The Hall–Kier alpha value is -8.48. The zero-order valence-corrected chi connectivity index (χ0v) is 37.6. The number of benzene rings is 10. The average Bonchev–Trinajstić information content (AvgIpc) is 3.40. The smallest absolute Gasteiger partial charge is 0.130 e. The van der Waals surface area contributed by atoms with E-state index in [9.17, 15) is 0 Å². The van der Waals surface area contributed by atoms with Gasteiger partial charge in [-0.2, -0.15) is 0 Å². The lowest BCUT2D eigenvalue weighted by Gasteiger charge is -2.22. The molecule has 6 heteroatoms. The van der Waals surface area contributed by atoms with Gasteiger partial charge >= 0.3 is 0 Å². The predicted octanol–water partition coefficient (Wildman–Crippen LogP) is 15.1. The maximum Gasteiger partial charge on any atom is 0.130 e. The molecule has 68 heavy (non-hydrogen) atoms. The number of rotatable bonds is 19. The van der Waals surface area contributed by atoms with Crippen LogP contribution < -0.4 is 28.4 Å². The molecule has 10 aromatic rings. The molecule has 0 radical (unpaired) electrons. The Morgan fingerprint density at radius 1 is 0.206 bits per heavy atom. The Kier molecular flexibility index (Phi) is 13.5. The summed E-state index contributed by atoms with van der Waals surface area (Å²) in [6.45, 7) is 1.94. The van der Waals surface area contributed by atoms with Crippen LogP contribution in [0.15, 0.2) is 231 Å². The van der Waals surface area contributed by atoms with Crippen LogP contribution in [-0.4, -0.2) is 0 Å². The Bertz CT molecular complexity index is 2890. The first kappa shape index (κ1) is 43.4. The molecule has 0 fully saturated rings. The zero-order valence-electron chi connectivity index (χ0n) is 37.6. The molecule has 0 unspecified atom stereocenters. The first-order valence-electron chi connectivity index (χ1n) is 22.9. The Morgan fingerprint density at radius 2 is 0.485 bits per heavy atom. The van der Waals surface area contributed by atoms with Gasteiger partial charge in [0.2, 0.25) is 0 Å². The summed E-state index contributed by atoms with van der Waals surface area (Å²) in [4.78, 5) is 0. The second kappa shape index (κ2) is 21.2. The quantitative estimate of drug-likeness (QED) is 0.0806. The molecule has 0 aliphatic heterocycles. The van der Waals surface area contributed by atoms with Crippen molar-refractivity contribution in [1.29, 1.82) is 0 Å². The van der Waals surface area contributed by atoms with Gasteiger partial charge in [-0.25, -0.2) is 0 Å². The molecule has 0 aromatic heterocycles. The molecule has 334 valence electrons. The van der Waals surface area contributed by atoms with Crippen molar-refractivity contribution in [2.75, 3.05) is 0 Å². The highest BCUT2D eigenvalue weighted by atomic mass is 16.5. The molecular weight excluding hydrogens is 841 g/mol. The van der Waals surface area contributed by atoms with E-state index in [0.29, 0.717) is 60.9 Å². The molecule has 0 aliphatic rings. The SMILES string of the molecule is c1ccc(COc2cccc(OCc3ccccc3)c2COc2ccc3ccccc3c2-c2c(OCc3c(OCc4ccccc4)cccc3OCc3ccccc3)ccc3ccccc23)cc1. The van der Waals surface area contributed by atoms with E-state index in [4.69, 9.17) is 28.4 Å². The Morgan fingerprint density at radius 3 is 0.809 bits per heavy atom. The van der Waals surface area contributed by atoms with E-state index < -0.39 is 0 Å². The standard InChI is InChI=1S/C62H50O6/c1-5-19-45(20-6-1)39-63-55-31-17-32-56(64-40-46-21-7-2-8-22-46)53(55)43-67-59-37-35-49-27-13-15-29-51(49)61(59)62-52-30-16-14-28-50(52)36-38-60(62)68-44-54-57(65-41-47-23-9-3-10-24-47)33-18-34-58(54)66-42-48-25-11-4-12-26-48/h1-38H,39-44H2. The summed E-state index contributed by atoms with van der Waals surface area (Å²) in [6.07, 6.45) is 0. The molecule has 0 heterocycles. The number of ether oxygens (including phenoxy) is 6. The molecule has 0 spiro atoms. The van der Waals surface area contributed by atoms with E-state index in [2.05, 4.69) is 121 Å². The van der Waals surface area contributed by atoms with Crippen molar-refractivity contribution in [3.63, 3.8) is 0 Å². The van der Waals surface area contributed by atoms with Crippen LogP contribution in [0.2, 0.25) is 0 Å². The molecule has 0 amide bonds. The van der Waals surface area contributed by atoms with Gasteiger partial charge in [-0.3, -0.25) is 0 Å².